The number of nitrogens with zero attached hydrogens (tertiary/aromatic N) is 1. The number of rotatable bonds is 5. The van der Waals surface area contributed by atoms with Crippen LogP contribution in [-0.4, -0.2) is 17.0 Å². The number of carbonyl (C=O) groups is 1. The molecule has 0 bridgehead atoms. The molecule has 0 radical (unpaired) electrons. The van der Waals surface area contributed by atoms with Crippen LogP contribution in [0, 0.1) is 13.8 Å². The van der Waals surface area contributed by atoms with E-state index in [0.29, 0.717) is 12.3 Å². The second kappa shape index (κ2) is 6.88. The number of pyridine rings is 1. The summed E-state index contributed by atoms with van der Waals surface area (Å²) < 4.78 is 5.69. The van der Waals surface area contributed by atoms with Gasteiger partial charge in [0.15, 0.2) is 6.10 Å². The van der Waals surface area contributed by atoms with Gasteiger partial charge in [-0.25, -0.2) is 0 Å². The van der Waals surface area contributed by atoms with E-state index in [-0.39, 0.29) is 5.91 Å². The van der Waals surface area contributed by atoms with Gasteiger partial charge in [-0.3, -0.25) is 9.78 Å². The molecule has 1 aromatic heterocycles. The van der Waals surface area contributed by atoms with Crippen molar-refractivity contribution in [2.75, 3.05) is 0 Å². The Morgan fingerprint density at radius 2 is 1.95 bits per heavy atom. The summed E-state index contributed by atoms with van der Waals surface area (Å²) >= 11 is 0. The number of benzene rings is 1. The molecule has 0 spiro atoms. The van der Waals surface area contributed by atoms with E-state index in [2.05, 4.69) is 16.4 Å². The fourth-order valence-electron chi connectivity index (χ4n) is 2.08. The summed E-state index contributed by atoms with van der Waals surface area (Å²) in [6.45, 7) is 6.16. The molecule has 0 aliphatic carbocycles. The van der Waals surface area contributed by atoms with E-state index in [4.69, 9.17) is 4.74 Å². The minimum absolute atomic E-state index is 0.153. The van der Waals surface area contributed by atoms with Crippen molar-refractivity contribution in [1.82, 2.24) is 10.3 Å². The predicted molar refractivity (Wildman–Crippen MR) is 82.1 cm³/mol. The van der Waals surface area contributed by atoms with Gasteiger partial charge in [-0.1, -0.05) is 12.1 Å². The summed E-state index contributed by atoms with van der Waals surface area (Å²) in [5.41, 5.74) is 3.06. The van der Waals surface area contributed by atoms with Crippen molar-refractivity contribution in [3.05, 3.63) is 59.4 Å². The first kappa shape index (κ1) is 15.0. The highest BCUT2D eigenvalue weighted by Gasteiger charge is 2.14. The number of amides is 1. The first-order valence-electron chi connectivity index (χ1n) is 6.97. The van der Waals surface area contributed by atoms with Gasteiger partial charge in [0.05, 0.1) is 12.2 Å². The van der Waals surface area contributed by atoms with Crippen LogP contribution in [0.2, 0.25) is 0 Å². The van der Waals surface area contributed by atoms with Gasteiger partial charge in [0.2, 0.25) is 0 Å². The summed E-state index contributed by atoms with van der Waals surface area (Å²) in [6, 6.07) is 11.5. The number of aryl methyl sites for hydroxylation is 2. The number of nitrogens with one attached hydrogen (secondary N) is 1. The number of ether oxygens (including phenoxy) is 1. The van der Waals surface area contributed by atoms with Crippen molar-refractivity contribution < 1.29 is 9.53 Å². The summed E-state index contributed by atoms with van der Waals surface area (Å²) in [4.78, 5) is 16.2. The van der Waals surface area contributed by atoms with E-state index >= 15 is 0 Å². The van der Waals surface area contributed by atoms with Crippen LogP contribution < -0.4 is 10.1 Å². The molecule has 2 aromatic rings. The van der Waals surface area contributed by atoms with Crippen molar-refractivity contribution >= 4 is 5.91 Å². The molecule has 0 aliphatic rings. The molecule has 21 heavy (non-hydrogen) atoms. The third-order valence-corrected chi connectivity index (χ3v) is 3.05. The molecular weight excluding hydrogens is 264 g/mol. The van der Waals surface area contributed by atoms with E-state index in [0.717, 1.165) is 16.8 Å². The highest BCUT2D eigenvalue weighted by molar-refractivity contribution is 5.80. The summed E-state index contributed by atoms with van der Waals surface area (Å²) in [7, 11) is 0. The van der Waals surface area contributed by atoms with Crippen molar-refractivity contribution in [3.8, 4) is 5.75 Å². The van der Waals surface area contributed by atoms with Gasteiger partial charge in [0.1, 0.15) is 5.75 Å². The molecule has 4 nitrogen and oxygen atoms in total. The Hall–Kier alpha value is -2.36. The molecule has 1 atom stereocenters. The number of hydrogen-bond acceptors (Lipinski definition) is 3. The lowest BCUT2D eigenvalue weighted by Crippen LogP contribution is -2.36. The Kier molecular flexibility index (Phi) is 4.93. The molecule has 1 aromatic carbocycles. The average Bonchev–Trinajstić information content (AvgIpc) is 2.44. The average molecular weight is 284 g/mol. The van der Waals surface area contributed by atoms with Crippen LogP contribution in [0.15, 0.2) is 42.6 Å². The second-order valence-electron chi connectivity index (χ2n) is 5.12. The zero-order valence-electron chi connectivity index (χ0n) is 12.6. The van der Waals surface area contributed by atoms with Gasteiger partial charge in [0.25, 0.3) is 5.91 Å². The minimum Gasteiger partial charge on any atom is -0.481 e. The van der Waals surface area contributed by atoms with E-state index < -0.39 is 6.10 Å². The van der Waals surface area contributed by atoms with Crippen LogP contribution in [0.3, 0.4) is 0 Å². The summed E-state index contributed by atoms with van der Waals surface area (Å²) in [6.07, 6.45) is 1.16. The van der Waals surface area contributed by atoms with Crippen LogP contribution in [0.5, 0.6) is 5.75 Å². The minimum atomic E-state index is -0.546. The Balaban J connectivity index is 1.90. The molecular formula is C17H20N2O2. The zero-order chi connectivity index (χ0) is 15.2. The lowest BCUT2D eigenvalue weighted by atomic mass is 10.1. The maximum atomic E-state index is 12.0. The smallest absolute Gasteiger partial charge is 0.261 e. The van der Waals surface area contributed by atoms with Gasteiger partial charge in [0, 0.05) is 6.20 Å². The van der Waals surface area contributed by atoms with Gasteiger partial charge in [-0.2, -0.15) is 0 Å². The van der Waals surface area contributed by atoms with E-state index in [1.807, 2.05) is 44.2 Å². The van der Waals surface area contributed by atoms with E-state index in [9.17, 15) is 4.79 Å². The molecule has 0 fully saturated rings. The van der Waals surface area contributed by atoms with Crippen molar-refractivity contribution in [2.45, 2.75) is 33.4 Å². The van der Waals surface area contributed by atoms with Gasteiger partial charge in [-0.15, -0.1) is 0 Å². The standard InChI is InChI=1S/C17H20N2O2/c1-12-8-13(2)10-16(9-12)21-14(3)17(20)19-11-15-6-4-5-7-18-15/h4-10,14H,11H2,1-3H3,(H,19,20)/t14-/m0/s1. The van der Waals surface area contributed by atoms with Crippen molar-refractivity contribution in [3.63, 3.8) is 0 Å². The maximum absolute atomic E-state index is 12.0. The second-order valence-corrected chi connectivity index (χ2v) is 5.12. The zero-order valence-corrected chi connectivity index (χ0v) is 12.6. The molecule has 0 unspecified atom stereocenters. The number of carbonyl (C=O) groups excluding carboxylic acids is 1. The van der Waals surface area contributed by atoms with Gasteiger partial charge in [-0.05, 0) is 56.2 Å². The lowest BCUT2D eigenvalue weighted by Gasteiger charge is -2.15. The monoisotopic (exact) mass is 284 g/mol. The highest BCUT2D eigenvalue weighted by atomic mass is 16.5. The number of aromatic nitrogens is 1. The first-order chi connectivity index (χ1) is 10.0. The Morgan fingerprint density at radius 3 is 2.57 bits per heavy atom. The van der Waals surface area contributed by atoms with Crippen molar-refractivity contribution in [2.24, 2.45) is 0 Å². The molecule has 1 N–H and O–H groups in total. The van der Waals surface area contributed by atoms with Crippen molar-refractivity contribution in [1.29, 1.82) is 0 Å². The topological polar surface area (TPSA) is 51.2 Å². The molecule has 4 heteroatoms. The Bertz CT molecular complexity index is 591. The first-order valence-corrected chi connectivity index (χ1v) is 6.97. The molecule has 110 valence electrons. The van der Waals surface area contributed by atoms with E-state index in [1.165, 1.54) is 0 Å². The number of hydrogen-bond donors (Lipinski definition) is 1. The fourth-order valence-corrected chi connectivity index (χ4v) is 2.08. The van der Waals surface area contributed by atoms with E-state index in [1.54, 1.807) is 13.1 Å². The maximum Gasteiger partial charge on any atom is 0.261 e. The highest BCUT2D eigenvalue weighted by Crippen LogP contribution is 2.17. The van der Waals surface area contributed by atoms with Crippen LogP contribution in [-0.2, 0) is 11.3 Å². The fraction of sp³-hybridized carbons (Fsp3) is 0.294. The molecule has 0 aliphatic heterocycles. The van der Waals surface area contributed by atoms with Crippen LogP contribution in [0.1, 0.15) is 23.7 Å². The Morgan fingerprint density at radius 1 is 1.24 bits per heavy atom. The summed E-state index contributed by atoms with van der Waals surface area (Å²) in [5.74, 6) is 0.563. The molecule has 1 heterocycles. The predicted octanol–water partition coefficient (Wildman–Crippen LogP) is 2.78. The lowest BCUT2D eigenvalue weighted by molar-refractivity contribution is -0.127. The quantitative estimate of drug-likeness (QED) is 0.918. The molecule has 2 rings (SSSR count). The summed E-state index contributed by atoms with van der Waals surface area (Å²) in [5, 5.41) is 2.82. The SMILES string of the molecule is Cc1cc(C)cc(O[C@@H](C)C(=O)NCc2ccccn2)c1. The largest absolute Gasteiger partial charge is 0.481 e. The third kappa shape index (κ3) is 4.60. The van der Waals surface area contributed by atoms with Gasteiger partial charge < -0.3 is 10.1 Å². The van der Waals surface area contributed by atoms with Crippen LogP contribution in [0.4, 0.5) is 0 Å². The van der Waals surface area contributed by atoms with Crippen LogP contribution >= 0.6 is 0 Å². The van der Waals surface area contributed by atoms with Crippen LogP contribution in [0.25, 0.3) is 0 Å². The molecule has 0 saturated heterocycles. The normalized spacial score (nSPS) is 11.8. The Labute approximate surface area is 125 Å². The molecule has 0 saturated carbocycles. The third-order valence-electron chi connectivity index (χ3n) is 3.05. The van der Waals surface area contributed by atoms with Gasteiger partial charge >= 0.3 is 0 Å². The molecule has 1 amide bonds.